The average molecular weight is 405 g/mol. The van der Waals surface area contributed by atoms with E-state index in [4.69, 9.17) is 0 Å². The summed E-state index contributed by atoms with van der Waals surface area (Å²) in [6.45, 7) is 0. The normalized spacial score (nSPS) is 31.8. The molecular weight excluding hydrogens is 384 g/mol. The zero-order chi connectivity index (χ0) is 11.1. The maximum absolute atomic E-state index is 3.60. The Hall–Kier alpha value is 1.44. The van der Waals surface area contributed by atoms with Gasteiger partial charge in [-0.3, -0.25) is 0 Å². The lowest BCUT2D eigenvalue weighted by Crippen LogP contribution is -2.26. The van der Waals surface area contributed by atoms with Gasteiger partial charge in [-0.25, -0.2) is 0 Å². The van der Waals surface area contributed by atoms with E-state index in [0.29, 0.717) is 0 Å². The number of hydrogen-bond acceptors (Lipinski definition) is 0. The minimum absolute atomic E-state index is 0.972. The van der Waals surface area contributed by atoms with Crippen molar-refractivity contribution in [1.82, 2.24) is 0 Å². The maximum atomic E-state index is 3.60. The van der Waals surface area contributed by atoms with E-state index < -0.39 is 0 Å². The van der Waals surface area contributed by atoms with Crippen LogP contribution in [0.25, 0.3) is 0 Å². The molecule has 0 heterocycles. The Kier molecular flexibility index (Phi) is 8.24. The summed E-state index contributed by atoms with van der Waals surface area (Å²) in [5.74, 6) is 2.94. The molecule has 15 heavy (non-hydrogen) atoms. The van der Waals surface area contributed by atoms with Crippen LogP contribution in [0, 0.1) is 17.8 Å². The van der Waals surface area contributed by atoms with Crippen molar-refractivity contribution in [3.63, 3.8) is 0 Å². The van der Waals surface area contributed by atoms with Crippen LogP contribution < -0.4 is 0 Å². The molecular formula is C12H21Br3. The molecule has 3 atom stereocenters. The lowest BCUT2D eigenvalue weighted by molar-refractivity contribution is 0.170. The number of rotatable bonds is 6. The third-order valence-corrected chi connectivity index (χ3v) is 5.10. The van der Waals surface area contributed by atoms with Crippen molar-refractivity contribution in [2.75, 3.05) is 16.0 Å². The standard InChI is InChI=1S/C12H21Br3/c13-6-3-10-1-2-11(4-7-14)12(9-10)5-8-15/h10-12H,1-9H2. The van der Waals surface area contributed by atoms with Crippen LogP contribution in [0.1, 0.15) is 38.5 Å². The van der Waals surface area contributed by atoms with Gasteiger partial charge in [0.15, 0.2) is 0 Å². The van der Waals surface area contributed by atoms with Crippen molar-refractivity contribution in [2.45, 2.75) is 38.5 Å². The van der Waals surface area contributed by atoms with E-state index >= 15 is 0 Å². The molecule has 0 spiro atoms. The van der Waals surface area contributed by atoms with Crippen molar-refractivity contribution in [2.24, 2.45) is 17.8 Å². The number of alkyl halides is 3. The van der Waals surface area contributed by atoms with E-state index in [0.717, 1.165) is 17.8 Å². The summed E-state index contributed by atoms with van der Waals surface area (Å²) in [6.07, 6.45) is 8.51. The predicted octanol–water partition coefficient (Wildman–Crippen LogP) is 5.37. The van der Waals surface area contributed by atoms with Crippen molar-refractivity contribution in [3.05, 3.63) is 0 Å². The van der Waals surface area contributed by atoms with Crippen LogP contribution in [0.4, 0.5) is 0 Å². The molecule has 0 bridgehead atoms. The van der Waals surface area contributed by atoms with Gasteiger partial charge >= 0.3 is 0 Å². The highest BCUT2D eigenvalue weighted by atomic mass is 79.9. The minimum atomic E-state index is 0.972. The summed E-state index contributed by atoms with van der Waals surface area (Å²) >= 11 is 10.8. The molecule has 0 saturated heterocycles. The van der Waals surface area contributed by atoms with Gasteiger partial charge in [0.25, 0.3) is 0 Å². The van der Waals surface area contributed by atoms with Crippen LogP contribution in [0.3, 0.4) is 0 Å². The fourth-order valence-electron chi connectivity index (χ4n) is 2.85. The zero-order valence-electron chi connectivity index (χ0n) is 9.23. The quantitative estimate of drug-likeness (QED) is 0.522. The van der Waals surface area contributed by atoms with Gasteiger partial charge in [0.2, 0.25) is 0 Å². The van der Waals surface area contributed by atoms with Gasteiger partial charge < -0.3 is 0 Å². The van der Waals surface area contributed by atoms with Crippen molar-refractivity contribution in [1.29, 1.82) is 0 Å². The van der Waals surface area contributed by atoms with Gasteiger partial charge in [-0.05, 0) is 49.9 Å². The van der Waals surface area contributed by atoms with Gasteiger partial charge in [0.1, 0.15) is 0 Å². The van der Waals surface area contributed by atoms with E-state index in [2.05, 4.69) is 47.8 Å². The van der Waals surface area contributed by atoms with Crippen LogP contribution in [0.2, 0.25) is 0 Å². The highest BCUT2D eigenvalue weighted by Crippen LogP contribution is 2.39. The Morgan fingerprint density at radius 1 is 0.733 bits per heavy atom. The number of hydrogen-bond donors (Lipinski definition) is 0. The first kappa shape index (κ1) is 14.5. The molecule has 3 unspecified atom stereocenters. The van der Waals surface area contributed by atoms with Crippen LogP contribution in [0.15, 0.2) is 0 Å². The molecule has 0 nitrogen and oxygen atoms in total. The summed E-state index contributed by atoms with van der Waals surface area (Å²) in [5.41, 5.74) is 0. The SMILES string of the molecule is BrCCC1CCC(CCBr)C(CCBr)C1. The predicted molar refractivity (Wildman–Crippen MR) is 79.6 cm³/mol. The third kappa shape index (κ3) is 5.08. The average Bonchev–Trinajstić information content (AvgIpc) is 2.23. The second-order valence-electron chi connectivity index (χ2n) is 4.63. The summed E-state index contributed by atoms with van der Waals surface area (Å²) in [6, 6.07) is 0. The fraction of sp³-hybridized carbons (Fsp3) is 1.00. The van der Waals surface area contributed by atoms with Gasteiger partial charge in [0, 0.05) is 16.0 Å². The molecule has 90 valence electrons. The Morgan fingerprint density at radius 2 is 1.33 bits per heavy atom. The molecule has 1 rings (SSSR count). The van der Waals surface area contributed by atoms with Crippen molar-refractivity contribution < 1.29 is 0 Å². The highest BCUT2D eigenvalue weighted by Gasteiger charge is 2.28. The monoisotopic (exact) mass is 402 g/mol. The topological polar surface area (TPSA) is 0 Å². The summed E-state index contributed by atoms with van der Waals surface area (Å²) < 4.78 is 0. The molecule has 0 amide bonds. The minimum Gasteiger partial charge on any atom is -0.0928 e. The van der Waals surface area contributed by atoms with Crippen molar-refractivity contribution in [3.8, 4) is 0 Å². The Bertz CT molecular complexity index is 161. The Labute approximate surface area is 119 Å². The molecule has 0 aromatic rings. The van der Waals surface area contributed by atoms with Crippen molar-refractivity contribution >= 4 is 47.8 Å². The summed E-state index contributed by atoms with van der Waals surface area (Å²) in [7, 11) is 0. The van der Waals surface area contributed by atoms with E-state index in [1.165, 1.54) is 54.5 Å². The highest BCUT2D eigenvalue weighted by molar-refractivity contribution is 9.09. The molecule has 1 aliphatic carbocycles. The Balaban J connectivity index is 2.41. The van der Waals surface area contributed by atoms with Gasteiger partial charge in [0.05, 0.1) is 0 Å². The van der Waals surface area contributed by atoms with Crippen LogP contribution in [-0.4, -0.2) is 16.0 Å². The molecule has 0 aromatic heterocycles. The summed E-state index contributed by atoms with van der Waals surface area (Å²) in [4.78, 5) is 0. The Morgan fingerprint density at radius 3 is 1.93 bits per heavy atom. The third-order valence-electron chi connectivity index (χ3n) is 3.73. The molecule has 0 aliphatic heterocycles. The second-order valence-corrected chi connectivity index (χ2v) is 7.01. The van der Waals surface area contributed by atoms with Gasteiger partial charge in [-0.15, -0.1) is 0 Å². The van der Waals surface area contributed by atoms with E-state index in [1.807, 2.05) is 0 Å². The zero-order valence-corrected chi connectivity index (χ0v) is 14.0. The largest absolute Gasteiger partial charge is 0.0928 e. The molecule has 0 radical (unpaired) electrons. The molecule has 1 fully saturated rings. The molecule has 3 heteroatoms. The first-order valence-electron chi connectivity index (χ1n) is 5.99. The smallest absolute Gasteiger partial charge is 0.00340 e. The van der Waals surface area contributed by atoms with Crippen LogP contribution >= 0.6 is 47.8 Å². The van der Waals surface area contributed by atoms with Crippen LogP contribution in [0.5, 0.6) is 0 Å². The first-order chi connectivity index (χ1) is 7.31. The molecule has 0 N–H and O–H groups in total. The lowest BCUT2D eigenvalue weighted by Gasteiger charge is -2.36. The van der Waals surface area contributed by atoms with Gasteiger partial charge in [-0.1, -0.05) is 54.2 Å². The van der Waals surface area contributed by atoms with E-state index in [-0.39, 0.29) is 0 Å². The second kappa shape index (κ2) is 8.52. The van der Waals surface area contributed by atoms with Crippen LogP contribution in [-0.2, 0) is 0 Å². The molecule has 1 saturated carbocycles. The van der Waals surface area contributed by atoms with E-state index in [1.54, 1.807) is 0 Å². The fourth-order valence-corrected chi connectivity index (χ4v) is 4.68. The summed E-state index contributed by atoms with van der Waals surface area (Å²) in [5, 5.41) is 3.54. The lowest BCUT2D eigenvalue weighted by atomic mass is 9.71. The maximum Gasteiger partial charge on any atom is 0.00340 e. The molecule has 1 aliphatic rings. The van der Waals surface area contributed by atoms with E-state index in [9.17, 15) is 0 Å². The van der Waals surface area contributed by atoms with Gasteiger partial charge in [-0.2, -0.15) is 0 Å². The number of halogens is 3. The first-order valence-corrected chi connectivity index (χ1v) is 9.36. The molecule has 0 aromatic carbocycles.